The Labute approximate surface area is 119 Å². The number of rotatable bonds is 1. The smallest absolute Gasteiger partial charge is 0.166 e. The summed E-state index contributed by atoms with van der Waals surface area (Å²) in [7, 11) is 0. The van der Waals surface area contributed by atoms with E-state index in [1.54, 1.807) is 23.1 Å². The lowest BCUT2D eigenvalue weighted by Gasteiger charge is -2.30. The van der Waals surface area contributed by atoms with Crippen LogP contribution in [0.5, 0.6) is 0 Å². The van der Waals surface area contributed by atoms with E-state index >= 15 is 0 Å². The second-order valence-corrected chi connectivity index (χ2v) is 5.02. The van der Waals surface area contributed by atoms with Gasteiger partial charge in [0.2, 0.25) is 0 Å². The Hall–Kier alpha value is -1.94. The molecule has 0 bridgehead atoms. The molecule has 0 fully saturated rings. The molecule has 5 heteroatoms. The van der Waals surface area contributed by atoms with Gasteiger partial charge in [0.1, 0.15) is 11.6 Å². The molecule has 20 heavy (non-hydrogen) atoms. The van der Waals surface area contributed by atoms with E-state index in [-0.39, 0.29) is 17.9 Å². The Morgan fingerprint density at radius 3 is 2.55 bits per heavy atom. The van der Waals surface area contributed by atoms with E-state index in [1.165, 1.54) is 12.1 Å². The Morgan fingerprint density at radius 2 is 1.80 bits per heavy atom. The van der Waals surface area contributed by atoms with Gasteiger partial charge in [-0.15, -0.1) is 0 Å². The van der Waals surface area contributed by atoms with Crippen LogP contribution in [0.3, 0.4) is 0 Å². The van der Waals surface area contributed by atoms with E-state index in [2.05, 4.69) is 0 Å². The quantitative estimate of drug-likeness (QED) is 0.779. The average molecular weight is 294 g/mol. The topological polar surface area (TPSA) is 20.3 Å². The van der Waals surface area contributed by atoms with Crippen LogP contribution >= 0.6 is 11.6 Å². The molecule has 2 nitrogen and oxygen atoms in total. The molecule has 3 rings (SSSR count). The fourth-order valence-corrected chi connectivity index (χ4v) is 2.56. The van der Waals surface area contributed by atoms with Crippen molar-refractivity contribution in [3.63, 3.8) is 0 Å². The monoisotopic (exact) mass is 293 g/mol. The summed E-state index contributed by atoms with van der Waals surface area (Å²) < 4.78 is 26.9. The number of anilines is 2. The molecular weight excluding hydrogens is 284 g/mol. The van der Waals surface area contributed by atoms with E-state index in [1.807, 2.05) is 0 Å². The van der Waals surface area contributed by atoms with Gasteiger partial charge in [0.05, 0.1) is 11.4 Å². The van der Waals surface area contributed by atoms with Crippen LogP contribution in [0.25, 0.3) is 0 Å². The number of Topliss-reactive ketones (excluding diaryl/α,β-unsaturated/α-hetero) is 1. The predicted octanol–water partition coefficient (Wildman–Crippen LogP) is 4.34. The average Bonchev–Trinajstić information content (AvgIpc) is 2.41. The Morgan fingerprint density at radius 1 is 1.05 bits per heavy atom. The summed E-state index contributed by atoms with van der Waals surface area (Å²) in [6, 6.07) is 8.31. The summed E-state index contributed by atoms with van der Waals surface area (Å²) in [4.78, 5) is 13.6. The molecule has 1 aliphatic rings. The summed E-state index contributed by atoms with van der Waals surface area (Å²) in [5, 5.41) is 0.457. The molecule has 0 aromatic heterocycles. The molecule has 0 spiro atoms. The van der Waals surface area contributed by atoms with Gasteiger partial charge in [-0.05, 0) is 30.3 Å². The van der Waals surface area contributed by atoms with Gasteiger partial charge in [-0.1, -0.05) is 11.6 Å². The summed E-state index contributed by atoms with van der Waals surface area (Å²) >= 11 is 5.89. The van der Waals surface area contributed by atoms with Gasteiger partial charge in [-0.25, -0.2) is 8.78 Å². The van der Waals surface area contributed by atoms with Gasteiger partial charge >= 0.3 is 0 Å². The normalized spacial score (nSPS) is 14.3. The lowest BCUT2D eigenvalue weighted by molar-refractivity contribution is 0.0981. The minimum atomic E-state index is -0.653. The summed E-state index contributed by atoms with van der Waals surface area (Å²) in [6.07, 6.45) is 0.268. The van der Waals surface area contributed by atoms with Crippen molar-refractivity contribution >= 4 is 28.8 Å². The molecule has 0 N–H and O–H groups in total. The predicted molar refractivity (Wildman–Crippen MR) is 73.8 cm³/mol. The molecule has 1 aliphatic heterocycles. The van der Waals surface area contributed by atoms with Crippen LogP contribution in [0.4, 0.5) is 20.2 Å². The maximum Gasteiger partial charge on any atom is 0.166 e. The van der Waals surface area contributed by atoms with Crippen LogP contribution in [0.15, 0.2) is 36.4 Å². The van der Waals surface area contributed by atoms with Gasteiger partial charge in [0.25, 0.3) is 0 Å². The third-order valence-corrected chi connectivity index (χ3v) is 3.55. The SMILES string of the molecule is O=C1CCN(c2ccc(F)cc2F)c2ccc(Cl)cc21. The van der Waals surface area contributed by atoms with Crippen LogP contribution in [0.2, 0.25) is 5.02 Å². The number of fused-ring (bicyclic) bond motifs is 1. The Balaban J connectivity index is 2.13. The summed E-state index contributed by atoms with van der Waals surface area (Å²) in [5.74, 6) is -1.31. The highest BCUT2D eigenvalue weighted by molar-refractivity contribution is 6.31. The number of carbonyl (C=O) groups excluding carboxylic acids is 1. The largest absolute Gasteiger partial charge is 0.338 e. The highest BCUT2D eigenvalue weighted by Crippen LogP contribution is 2.36. The second-order valence-electron chi connectivity index (χ2n) is 4.58. The van der Waals surface area contributed by atoms with Crippen molar-refractivity contribution < 1.29 is 13.6 Å². The van der Waals surface area contributed by atoms with Crippen molar-refractivity contribution in [2.24, 2.45) is 0 Å². The summed E-state index contributed by atoms with van der Waals surface area (Å²) in [6.45, 7) is 0.357. The van der Waals surface area contributed by atoms with Crippen LogP contribution in [0, 0.1) is 11.6 Å². The molecule has 0 radical (unpaired) electrons. The number of nitrogens with zero attached hydrogens (tertiary/aromatic N) is 1. The lowest BCUT2D eigenvalue weighted by Crippen LogP contribution is -2.28. The van der Waals surface area contributed by atoms with Crippen LogP contribution in [-0.4, -0.2) is 12.3 Å². The zero-order chi connectivity index (χ0) is 14.3. The van der Waals surface area contributed by atoms with Gasteiger partial charge in [0.15, 0.2) is 5.78 Å². The van der Waals surface area contributed by atoms with E-state index in [9.17, 15) is 13.6 Å². The number of hydrogen-bond acceptors (Lipinski definition) is 2. The number of hydrogen-bond donors (Lipinski definition) is 0. The van der Waals surface area contributed by atoms with E-state index < -0.39 is 11.6 Å². The third-order valence-electron chi connectivity index (χ3n) is 3.31. The molecule has 0 unspecified atom stereocenters. The maximum atomic E-state index is 13.9. The van der Waals surface area contributed by atoms with Gasteiger partial charge in [0, 0.05) is 29.6 Å². The Bertz CT molecular complexity index is 702. The van der Waals surface area contributed by atoms with Crippen molar-refractivity contribution in [3.8, 4) is 0 Å². The third kappa shape index (κ3) is 2.16. The Kier molecular flexibility index (Phi) is 3.18. The minimum Gasteiger partial charge on any atom is -0.338 e. The fourth-order valence-electron chi connectivity index (χ4n) is 2.39. The first kappa shape index (κ1) is 13.1. The highest BCUT2D eigenvalue weighted by Gasteiger charge is 2.25. The van der Waals surface area contributed by atoms with Crippen LogP contribution in [0.1, 0.15) is 16.8 Å². The molecule has 0 atom stereocenters. The van der Waals surface area contributed by atoms with E-state index in [0.29, 0.717) is 22.8 Å². The zero-order valence-electron chi connectivity index (χ0n) is 10.4. The molecule has 0 saturated heterocycles. The first-order chi connectivity index (χ1) is 9.56. The minimum absolute atomic E-state index is 0.0266. The van der Waals surface area contributed by atoms with E-state index in [4.69, 9.17) is 11.6 Å². The first-order valence-electron chi connectivity index (χ1n) is 6.11. The molecule has 0 amide bonds. The summed E-state index contributed by atoms with van der Waals surface area (Å²) in [5.41, 5.74) is 1.31. The molecule has 102 valence electrons. The van der Waals surface area contributed by atoms with Gasteiger partial charge in [-0.3, -0.25) is 4.79 Å². The molecule has 0 saturated carbocycles. The molecular formula is C15H10ClF2NO. The standard InChI is InChI=1S/C15H10ClF2NO/c16-9-1-3-13-11(7-9)15(20)5-6-19(13)14-4-2-10(17)8-12(14)18/h1-4,7-8H,5-6H2. The number of carbonyl (C=O) groups is 1. The van der Waals surface area contributed by atoms with Gasteiger partial charge in [-0.2, -0.15) is 0 Å². The lowest BCUT2D eigenvalue weighted by atomic mass is 9.99. The van der Waals surface area contributed by atoms with Crippen molar-refractivity contribution in [3.05, 3.63) is 58.6 Å². The molecule has 0 aliphatic carbocycles. The molecule has 1 heterocycles. The zero-order valence-corrected chi connectivity index (χ0v) is 11.1. The number of halogens is 3. The molecule has 2 aromatic rings. The van der Waals surface area contributed by atoms with Crippen molar-refractivity contribution in [1.29, 1.82) is 0 Å². The fraction of sp³-hybridized carbons (Fsp3) is 0.133. The van der Waals surface area contributed by atoms with Crippen molar-refractivity contribution in [2.75, 3.05) is 11.4 Å². The number of ketones is 1. The highest BCUT2D eigenvalue weighted by atomic mass is 35.5. The molecule has 2 aromatic carbocycles. The maximum absolute atomic E-state index is 13.9. The van der Waals surface area contributed by atoms with Crippen molar-refractivity contribution in [1.82, 2.24) is 0 Å². The van der Waals surface area contributed by atoms with Crippen LogP contribution in [-0.2, 0) is 0 Å². The second kappa shape index (κ2) is 4.87. The van der Waals surface area contributed by atoms with E-state index in [0.717, 1.165) is 6.07 Å². The number of benzene rings is 2. The van der Waals surface area contributed by atoms with Crippen LogP contribution < -0.4 is 4.90 Å². The first-order valence-corrected chi connectivity index (χ1v) is 6.49. The van der Waals surface area contributed by atoms with Gasteiger partial charge < -0.3 is 4.90 Å². The van der Waals surface area contributed by atoms with Crippen molar-refractivity contribution in [2.45, 2.75) is 6.42 Å².